The Kier molecular flexibility index (Phi) is 6.95. The third-order valence-electron chi connectivity index (χ3n) is 6.01. The van der Waals surface area contributed by atoms with Crippen LogP contribution in [0.25, 0.3) is 22.3 Å². The second kappa shape index (κ2) is 10.6. The molecule has 11 heteroatoms. The second-order valence-electron chi connectivity index (χ2n) is 8.62. The summed E-state index contributed by atoms with van der Waals surface area (Å²) >= 11 is 0. The van der Waals surface area contributed by atoms with Crippen LogP contribution in [-0.2, 0) is 14.3 Å². The Morgan fingerprint density at radius 1 is 1.05 bits per heavy atom. The fourth-order valence-corrected chi connectivity index (χ4v) is 4.23. The first kappa shape index (κ1) is 24.2. The van der Waals surface area contributed by atoms with Crippen molar-refractivity contribution in [2.75, 3.05) is 38.5 Å². The smallest absolute Gasteiger partial charge is 0.325 e. The van der Waals surface area contributed by atoms with E-state index < -0.39 is 5.97 Å². The van der Waals surface area contributed by atoms with Crippen molar-refractivity contribution in [1.82, 2.24) is 30.0 Å². The summed E-state index contributed by atoms with van der Waals surface area (Å²) in [4.78, 5) is 34.2. The van der Waals surface area contributed by atoms with Crippen molar-refractivity contribution < 1.29 is 19.1 Å². The molecule has 1 aliphatic heterocycles. The highest BCUT2D eigenvalue weighted by Crippen LogP contribution is 2.34. The molecule has 2 aromatic carbocycles. The Labute approximate surface area is 213 Å². The summed E-state index contributed by atoms with van der Waals surface area (Å²) in [6.07, 6.45) is 1.43. The highest BCUT2D eigenvalue weighted by atomic mass is 16.5. The number of hydrogen-bond acceptors (Lipinski definition) is 9. The van der Waals surface area contributed by atoms with Gasteiger partial charge in [0.1, 0.15) is 35.9 Å². The number of amides is 1. The molecule has 1 amide bonds. The zero-order chi connectivity index (χ0) is 25.8. The number of para-hydroxylation sites is 1. The Morgan fingerprint density at radius 3 is 2.51 bits per heavy atom. The van der Waals surface area contributed by atoms with Gasteiger partial charge in [0.25, 0.3) is 0 Å². The minimum Gasteiger partial charge on any atom is -0.465 e. The monoisotopic (exact) mass is 501 g/mol. The number of fused-ring (bicyclic) bond motifs is 1. The van der Waals surface area contributed by atoms with Crippen molar-refractivity contribution in [3.05, 3.63) is 60.9 Å². The molecule has 190 valence electrons. The van der Waals surface area contributed by atoms with Crippen LogP contribution in [0.5, 0.6) is 11.5 Å². The molecule has 5 rings (SSSR count). The summed E-state index contributed by atoms with van der Waals surface area (Å²) in [6.45, 7) is 3.26. The Hall–Kier alpha value is -4.51. The number of nitrogen functional groups attached to an aromatic ring is 1. The number of carbonyl (C=O) groups is 2. The van der Waals surface area contributed by atoms with Gasteiger partial charge in [0.2, 0.25) is 5.91 Å². The van der Waals surface area contributed by atoms with E-state index >= 15 is 0 Å². The number of carbonyl (C=O) groups excluding carboxylic acids is 2. The van der Waals surface area contributed by atoms with Gasteiger partial charge in [0, 0.05) is 18.7 Å². The Morgan fingerprint density at radius 2 is 1.78 bits per heavy atom. The second-order valence-corrected chi connectivity index (χ2v) is 8.62. The molecular weight excluding hydrogens is 474 g/mol. The molecule has 11 nitrogen and oxygen atoms in total. The zero-order valence-electron chi connectivity index (χ0n) is 20.3. The lowest BCUT2D eigenvalue weighted by atomic mass is 10.1. The highest BCUT2D eigenvalue weighted by Gasteiger charge is 2.33. The number of hydrogen-bond donors (Lipinski definition) is 2. The maximum atomic E-state index is 12.2. The Balaban J connectivity index is 1.29. The standard InChI is InChI=1S/C26H27N7O4/c1-2-36-22(35)12-28-21(34)15-32-13-18(14-32)33-26-23(25(27)29-16-30-26)24(31-33)17-8-10-20(11-9-17)37-19-6-4-3-5-7-19/h3-11,16,18H,2,12-15H2,1H3,(H,28,34)(H2,27,29,30). The van der Waals surface area contributed by atoms with E-state index in [-0.39, 0.29) is 31.6 Å². The van der Waals surface area contributed by atoms with Gasteiger partial charge >= 0.3 is 5.97 Å². The van der Waals surface area contributed by atoms with Crippen LogP contribution in [0.2, 0.25) is 0 Å². The highest BCUT2D eigenvalue weighted by molar-refractivity contribution is 5.98. The molecule has 1 aliphatic rings. The normalized spacial score (nSPS) is 13.8. The maximum Gasteiger partial charge on any atom is 0.325 e. The van der Waals surface area contributed by atoms with Gasteiger partial charge in [-0.1, -0.05) is 18.2 Å². The summed E-state index contributed by atoms with van der Waals surface area (Å²) in [6, 6.07) is 17.2. The number of nitrogens with one attached hydrogen (secondary N) is 1. The summed E-state index contributed by atoms with van der Waals surface area (Å²) in [5.41, 5.74) is 8.43. The quantitative estimate of drug-likeness (QED) is 0.331. The first-order chi connectivity index (χ1) is 18.0. The molecule has 2 aromatic heterocycles. The third kappa shape index (κ3) is 5.36. The fourth-order valence-electron chi connectivity index (χ4n) is 4.23. The molecule has 37 heavy (non-hydrogen) atoms. The average Bonchev–Trinajstić information content (AvgIpc) is 3.26. The maximum absolute atomic E-state index is 12.2. The fraction of sp³-hybridized carbons (Fsp3) is 0.269. The number of anilines is 1. The lowest BCUT2D eigenvalue weighted by molar-refractivity contribution is -0.143. The summed E-state index contributed by atoms with van der Waals surface area (Å²) < 4.78 is 12.6. The van der Waals surface area contributed by atoms with Gasteiger partial charge in [-0.15, -0.1) is 0 Å². The number of likely N-dealkylation sites (tertiary alicyclic amines) is 1. The van der Waals surface area contributed by atoms with Crippen molar-refractivity contribution in [1.29, 1.82) is 0 Å². The van der Waals surface area contributed by atoms with Crippen LogP contribution in [0.1, 0.15) is 13.0 Å². The number of aromatic nitrogens is 4. The van der Waals surface area contributed by atoms with Gasteiger partial charge in [-0.25, -0.2) is 14.6 Å². The first-order valence-electron chi connectivity index (χ1n) is 12.0. The van der Waals surface area contributed by atoms with Crippen molar-refractivity contribution >= 4 is 28.7 Å². The van der Waals surface area contributed by atoms with Crippen LogP contribution < -0.4 is 15.8 Å². The number of ether oxygens (including phenoxy) is 2. The van der Waals surface area contributed by atoms with Gasteiger partial charge in [-0.3, -0.25) is 14.5 Å². The molecule has 0 spiro atoms. The lowest BCUT2D eigenvalue weighted by Gasteiger charge is -2.38. The molecule has 0 atom stereocenters. The molecule has 0 saturated carbocycles. The number of esters is 1. The molecule has 4 aromatic rings. The molecule has 1 saturated heterocycles. The van der Waals surface area contributed by atoms with E-state index in [1.54, 1.807) is 6.92 Å². The van der Waals surface area contributed by atoms with Crippen molar-refractivity contribution in [3.63, 3.8) is 0 Å². The van der Waals surface area contributed by atoms with E-state index in [0.717, 1.165) is 11.3 Å². The molecule has 0 radical (unpaired) electrons. The van der Waals surface area contributed by atoms with E-state index in [2.05, 4.69) is 15.3 Å². The topological polar surface area (TPSA) is 137 Å². The Bertz CT molecular complexity index is 1400. The lowest BCUT2D eigenvalue weighted by Crippen LogP contribution is -2.52. The SMILES string of the molecule is CCOC(=O)CNC(=O)CN1CC(n2nc(-c3ccc(Oc4ccccc4)cc3)c3c(N)ncnc32)C1. The first-order valence-corrected chi connectivity index (χ1v) is 12.0. The number of nitrogens with zero attached hydrogens (tertiary/aromatic N) is 5. The van der Waals surface area contributed by atoms with Crippen LogP contribution in [0.3, 0.4) is 0 Å². The minimum absolute atomic E-state index is 0.0177. The summed E-state index contributed by atoms with van der Waals surface area (Å²) in [5, 5.41) is 8.12. The van der Waals surface area contributed by atoms with Gasteiger partial charge < -0.3 is 20.5 Å². The van der Waals surface area contributed by atoms with Gasteiger partial charge in [0.15, 0.2) is 5.65 Å². The number of benzene rings is 2. The number of nitrogens with two attached hydrogens (primary N) is 1. The van der Waals surface area contributed by atoms with Gasteiger partial charge in [-0.05, 0) is 43.3 Å². The largest absolute Gasteiger partial charge is 0.465 e. The molecular formula is C26H27N7O4. The van der Waals surface area contributed by atoms with Crippen molar-refractivity contribution in [2.45, 2.75) is 13.0 Å². The van der Waals surface area contributed by atoms with Crippen molar-refractivity contribution in [2.24, 2.45) is 0 Å². The molecule has 0 aliphatic carbocycles. The minimum atomic E-state index is -0.454. The van der Waals surface area contributed by atoms with Crippen LogP contribution in [0.15, 0.2) is 60.9 Å². The predicted molar refractivity (Wildman–Crippen MR) is 137 cm³/mol. The van der Waals surface area contributed by atoms with E-state index in [1.165, 1.54) is 6.33 Å². The molecule has 3 N–H and O–H groups in total. The molecule has 1 fully saturated rings. The van der Waals surface area contributed by atoms with Crippen molar-refractivity contribution in [3.8, 4) is 22.8 Å². The summed E-state index contributed by atoms with van der Waals surface area (Å²) in [5.74, 6) is 1.13. The third-order valence-corrected chi connectivity index (χ3v) is 6.01. The van der Waals surface area contributed by atoms with Crippen LogP contribution in [-0.4, -0.2) is 69.3 Å². The van der Waals surface area contributed by atoms with Crippen LogP contribution in [0.4, 0.5) is 5.82 Å². The molecule has 0 unspecified atom stereocenters. The van der Waals surface area contributed by atoms with E-state index in [4.69, 9.17) is 20.3 Å². The van der Waals surface area contributed by atoms with E-state index in [9.17, 15) is 9.59 Å². The van der Waals surface area contributed by atoms with Crippen LogP contribution in [0, 0.1) is 0 Å². The zero-order valence-corrected chi connectivity index (χ0v) is 20.3. The van der Waals surface area contributed by atoms with Crippen LogP contribution >= 0.6 is 0 Å². The molecule has 3 heterocycles. The number of rotatable bonds is 9. The van der Waals surface area contributed by atoms with E-state index in [0.29, 0.717) is 41.4 Å². The summed E-state index contributed by atoms with van der Waals surface area (Å²) in [7, 11) is 0. The average molecular weight is 502 g/mol. The van der Waals surface area contributed by atoms with Gasteiger partial charge in [0.05, 0.1) is 24.6 Å². The predicted octanol–water partition coefficient (Wildman–Crippen LogP) is 2.40. The van der Waals surface area contributed by atoms with Gasteiger partial charge in [-0.2, -0.15) is 5.10 Å². The molecule has 0 bridgehead atoms. The van der Waals surface area contributed by atoms with E-state index in [1.807, 2.05) is 64.2 Å².